The summed E-state index contributed by atoms with van der Waals surface area (Å²) in [5.74, 6) is 1.24. The van der Waals surface area contributed by atoms with Crippen LogP contribution in [0.25, 0.3) is 11.3 Å². The largest absolute Gasteiger partial charge is 0.495 e. The van der Waals surface area contributed by atoms with Crippen LogP contribution in [0.4, 0.5) is 15.6 Å². The number of carbonyl (C=O) groups is 1. The summed E-state index contributed by atoms with van der Waals surface area (Å²) in [6, 6.07) is 13.7. The standard InChI is InChI=1S/C26H30ClN3O2S/c1-3-15-30(25(31)28-22-16-21(27)13-14-24(22)32-2)26-29-23(17-33-26)20-11-9-19(10-12-20)18-7-5-4-6-8-18/h9-14,16-18H,3-8,15H2,1-2H3,(H,28,31). The average molecular weight is 484 g/mol. The van der Waals surface area contributed by atoms with E-state index in [1.54, 1.807) is 30.2 Å². The Bertz CT molecular complexity index is 1080. The van der Waals surface area contributed by atoms with Crippen LogP contribution >= 0.6 is 22.9 Å². The van der Waals surface area contributed by atoms with E-state index in [0.717, 1.165) is 17.7 Å². The lowest BCUT2D eigenvalue weighted by Gasteiger charge is -2.22. The molecule has 5 nitrogen and oxygen atoms in total. The molecule has 0 saturated heterocycles. The molecule has 1 aliphatic rings. The SMILES string of the molecule is CCCN(C(=O)Nc1cc(Cl)ccc1OC)c1nc(-c2ccc(C3CCCCC3)cc2)cs1. The lowest BCUT2D eigenvalue weighted by Crippen LogP contribution is -2.35. The highest BCUT2D eigenvalue weighted by molar-refractivity contribution is 7.14. The minimum absolute atomic E-state index is 0.258. The number of ether oxygens (including phenoxy) is 1. The number of thiazole rings is 1. The molecule has 0 radical (unpaired) electrons. The van der Waals surface area contributed by atoms with E-state index in [4.69, 9.17) is 21.3 Å². The fourth-order valence-electron chi connectivity index (χ4n) is 4.35. The van der Waals surface area contributed by atoms with E-state index in [2.05, 4.69) is 29.6 Å². The van der Waals surface area contributed by atoms with Gasteiger partial charge in [0.25, 0.3) is 0 Å². The molecule has 1 saturated carbocycles. The first kappa shape index (κ1) is 23.6. The number of anilines is 2. The van der Waals surface area contributed by atoms with E-state index >= 15 is 0 Å². The molecule has 1 fully saturated rings. The molecule has 0 aliphatic heterocycles. The van der Waals surface area contributed by atoms with Crippen LogP contribution in [0.2, 0.25) is 5.02 Å². The summed E-state index contributed by atoms with van der Waals surface area (Å²) in [7, 11) is 1.56. The summed E-state index contributed by atoms with van der Waals surface area (Å²) in [6.07, 6.45) is 7.42. The Morgan fingerprint density at radius 3 is 2.64 bits per heavy atom. The van der Waals surface area contributed by atoms with Crippen LogP contribution in [0.3, 0.4) is 0 Å². The van der Waals surface area contributed by atoms with Crippen molar-refractivity contribution in [1.29, 1.82) is 0 Å². The zero-order chi connectivity index (χ0) is 23.2. The predicted octanol–water partition coefficient (Wildman–Crippen LogP) is 7.97. The van der Waals surface area contributed by atoms with Crippen LogP contribution in [0, 0.1) is 0 Å². The number of carbonyl (C=O) groups excluding carboxylic acids is 1. The van der Waals surface area contributed by atoms with E-state index < -0.39 is 0 Å². The topological polar surface area (TPSA) is 54.5 Å². The third-order valence-corrected chi connectivity index (χ3v) is 7.20. The number of hydrogen-bond acceptors (Lipinski definition) is 4. The van der Waals surface area contributed by atoms with Gasteiger partial charge < -0.3 is 10.1 Å². The number of rotatable bonds is 7. The second-order valence-electron chi connectivity index (χ2n) is 8.40. The number of nitrogens with zero attached hydrogens (tertiary/aromatic N) is 2. The second-order valence-corrected chi connectivity index (χ2v) is 9.67. The number of urea groups is 1. The summed E-state index contributed by atoms with van der Waals surface area (Å²) >= 11 is 7.59. The molecule has 1 N–H and O–H groups in total. The zero-order valence-corrected chi connectivity index (χ0v) is 20.7. The van der Waals surface area contributed by atoms with Crippen LogP contribution in [-0.4, -0.2) is 24.7 Å². The fraction of sp³-hybridized carbons (Fsp3) is 0.385. The average Bonchev–Trinajstić information content (AvgIpc) is 3.33. The maximum absolute atomic E-state index is 13.1. The number of halogens is 1. The van der Waals surface area contributed by atoms with Gasteiger partial charge in [0, 0.05) is 22.5 Å². The normalized spacial score (nSPS) is 14.2. The third-order valence-electron chi connectivity index (χ3n) is 6.10. The maximum atomic E-state index is 13.1. The van der Waals surface area contributed by atoms with E-state index in [-0.39, 0.29) is 6.03 Å². The first-order valence-corrected chi connectivity index (χ1v) is 12.8. The summed E-state index contributed by atoms with van der Waals surface area (Å²) < 4.78 is 5.36. The Labute approximate surface area is 204 Å². The quantitative estimate of drug-likeness (QED) is 0.370. The predicted molar refractivity (Wildman–Crippen MR) is 138 cm³/mol. The van der Waals surface area contributed by atoms with Crippen LogP contribution in [0.15, 0.2) is 47.8 Å². The molecular weight excluding hydrogens is 454 g/mol. The van der Waals surface area contributed by atoms with Crippen molar-refractivity contribution >= 4 is 39.8 Å². The molecule has 33 heavy (non-hydrogen) atoms. The lowest BCUT2D eigenvalue weighted by atomic mass is 9.84. The first-order chi connectivity index (χ1) is 16.1. The highest BCUT2D eigenvalue weighted by Crippen LogP contribution is 2.35. The number of hydrogen-bond donors (Lipinski definition) is 1. The van der Waals surface area contributed by atoms with E-state index in [9.17, 15) is 4.79 Å². The Morgan fingerprint density at radius 1 is 1.18 bits per heavy atom. The van der Waals surface area contributed by atoms with Gasteiger partial charge in [0.15, 0.2) is 5.13 Å². The van der Waals surface area contributed by atoms with Gasteiger partial charge in [-0.05, 0) is 48.9 Å². The van der Waals surface area contributed by atoms with Crippen molar-refractivity contribution in [3.05, 3.63) is 58.4 Å². The fourth-order valence-corrected chi connectivity index (χ4v) is 5.38. The first-order valence-electron chi connectivity index (χ1n) is 11.6. The van der Waals surface area contributed by atoms with Gasteiger partial charge in [-0.25, -0.2) is 9.78 Å². The third kappa shape index (κ3) is 5.68. The molecular formula is C26H30ClN3O2S. The van der Waals surface area contributed by atoms with Gasteiger partial charge in [-0.3, -0.25) is 4.90 Å². The monoisotopic (exact) mass is 483 g/mol. The van der Waals surface area contributed by atoms with Crippen molar-refractivity contribution in [3.8, 4) is 17.0 Å². The van der Waals surface area contributed by atoms with E-state index in [1.807, 2.05) is 12.3 Å². The van der Waals surface area contributed by atoms with Gasteiger partial charge in [-0.1, -0.05) is 62.1 Å². The molecule has 2 aromatic carbocycles. The van der Waals surface area contributed by atoms with Crippen LogP contribution in [-0.2, 0) is 0 Å². The molecule has 1 aliphatic carbocycles. The van der Waals surface area contributed by atoms with Crippen molar-refractivity contribution in [1.82, 2.24) is 4.98 Å². The van der Waals surface area contributed by atoms with Crippen LogP contribution < -0.4 is 15.0 Å². The molecule has 2 amide bonds. The van der Waals surface area contributed by atoms with E-state index in [0.29, 0.717) is 34.1 Å². The van der Waals surface area contributed by atoms with Gasteiger partial charge in [0.05, 0.1) is 18.5 Å². The van der Waals surface area contributed by atoms with Gasteiger partial charge in [-0.2, -0.15) is 0 Å². The highest BCUT2D eigenvalue weighted by atomic mass is 35.5. The molecule has 0 bridgehead atoms. The summed E-state index contributed by atoms with van der Waals surface area (Å²) in [5, 5.41) is 6.13. The van der Waals surface area contributed by atoms with Crippen molar-refractivity contribution in [2.45, 2.75) is 51.4 Å². The highest BCUT2D eigenvalue weighted by Gasteiger charge is 2.21. The van der Waals surface area contributed by atoms with E-state index in [1.165, 1.54) is 49.0 Å². The summed E-state index contributed by atoms with van der Waals surface area (Å²) in [6.45, 7) is 2.60. The number of nitrogens with one attached hydrogen (secondary N) is 1. The summed E-state index contributed by atoms with van der Waals surface area (Å²) in [4.78, 5) is 19.6. The Kier molecular flexibility index (Phi) is 7.89. The zero-order valence-electron chi connectivity index (χ0n) is 19.1. The minimum atomic E-state index is -0.258. The van der Waals surface area contributed by atoms with Crippen molar-refractivity contribution in [3.63, 3.8) is 0 Å². The second kappa shape index (κ2) is 11.0. The van der Waals surface area contributed by atoms with Crippen LogP contribution in [0.1, 0.15) is 56.9 Å². The molecule has 0 unspecified atom stereocenters. The van der Waals surface area contributed by atoms with Gasteiger partial charge in [-0.15, -0.1) is 11.3 Å². The number of methoxy groups -OCH3 is 1. The van der Waals surface area contributed by atoms with Gasteiger partial charge in [0.2, 0.25) is 0 Å². The Hall–Kier alpha value is -2.57. The molecule has 3 aromatic rings. The van der Waals surface area contributed by atoms with Crippen molar-refractivity contribution in [2.24, 2.45) is 0 Å². The summed E-state index contributed by atoms with van der Waals surface area (Å²) in [5.41, 5.74) is 3.92. The molecule has 7 heteroatoms. The molecule has 174 valence electrons. The smallest absolute Gasteiger partial charge is 0.328 e. The minimum Gasteiger partial charge on any atom is -0.495 e. The molecule has 4 rings (SSSR count). The van der Waals surface area contributed by atoms with Crippen molar-refractivity contribution < 1.29 is 9.53 Å². The molecule has 1 heterocycles. The van der Waals surface area contributed by atoms with Crippen LogP contribution in [0.5, 0.6) is 5.75 Å². The van der Waals surface area contributed by atoms with Crippen molar-refractivity contribution in [2.75, 3.05) is 23.9 Å². The molecule has 0 atom stereocenters. The molecule has 1 aromatic heterocycles. The Balaban J connectivity index is 1.51. The maximum Gasteiger partial charge on any atom is 0.328 e. The van der Waals surface area contributed by atoms with Gasteiger partial charge in [0.1, 0.15) is 5.75 Å². The lowest BCUT2D eigenvalue weighted by molar-refractivity contribution is 0.256. The number of benzene rings is 2. The molecule has 0 spiro atoms. The van der Waals surface area contributed by atoms with Gasteiger partial charge >= 0.3 is 6.03 Å². The Morgan fingerprint density at radius 2 is 1.94 bits per heavy atom. The number of aromatic nitrogens is 1. The number of amides is 2.